The first-order valence-electron chi connectivity index (χ1n) is 3.71. The zero-order chi connectivity index (χ0) is 8.55. The first-order valence-corrected chi connectivity index (χ1v) is 4.53. The molecule has 2 aromatic rings. The van der Waals surface area contributed by atoms with Crippen LogP contribution >= 0.6 is 11.3 Å². The number of halogens is 1. The van der Waals surface area contributed by atoms with Crippen molar-refractivity contribution in [1.82, 2.24) is 9.97 Å². The quantitative estimate of drug-likeness (QED) is 0.633. The monoisotopic (exact) mass is 182 g/mol. The minimum Gasteiger partial charge on any atom is -0.239 e. The molecule has 0 bridgehead atoms. The number of pyridine rings is 1. The molecule has 0 aliphatic heterocycles. The van der Waals surface area contributed by atoms with Gasteiger partial charge in [0.1, 0.15) is 10.3 Å². The number of aromatic nitrogens is 2. The van der Waals surface area contributed by atoms with E-state index in [4.69, 9.17) is 0 Å². The Morgan fingerprint density at radius 1 is 1.42 bits per heavy atom. The van der Waals surface area contributed by atoms with Crippen molar-refractivity contribution in [2.75, 3.05) is 0 Å². The van der Waals surface area contributed by atoms with E-state index in [1.165, 1.54) is 17.4 Å². The molecule has 2 heterocycles. The Labute approximate surface area is 73.1 Å². The third-order valence-corrected chi connectivity index (χ3v) is 2.68. The van der Waals surface area contributed by atoms with Crippen molar-refractivity contribution < 1.29 is 4.39 Å². The third kappa shape index (κ3) is 1.18. The van der Waals surface area contributed by atoms with Crippen molar-refractivity contribution in [2.45, 2.75) is 13.3 Å². The van der Waals surface area contributed by atoms with Crippen molar-refractivity contribution in [1.29, 1.82) is 0 Å². The molecule has 0 fully saturated rings. The Morgan fingerprint density at radius 2 is 2.25 bits per heavy atom. The lowest BCUT2D eigenvalue weighted by Crippen LogP contribution is -1.79. The predicted octanol–water partition coefficient (Wildman–Crippen LogP) is 2.39. The summed E-state index contributed by atoms with van der Waals surface area (Å²) in [7, 11) is 0. The highest BCUT2D eigenvalue weighted by molar-refractivity contribution is 7.18. The van der Waals surface area contributed by atoms with Gasteiger partial charge in [-0.15, -0.1) is 0 Å². The number of nitrogens with zero attached hydrogens (tertiary/aromatic N) is 2. The molecule has 0 aromatic carbocycles. The van der Waals surface area contributed by atoms with Gasteiger partial charge in [0.2, 0.25) is 5.95 Å². The van der Waals surface area contributed by atoms with E-state index in [0.29, 0.717) is 4.83 Å². The molecule has 2 rings (SSSR count). The minimum atomic E-state index is -0.436. The first kappa shape index (κ1) is 7.61. The molecule has 0 saturated heterocycles. The smallest absolute Gasteiger partial charge is 0.214 e. The largest absolute Gasteiger partial charge is 0.239 e. The van der Waals surface area contributed by atoms with Crippen molar-refractivity contribution in [3.05, 3.63) is 23.1 Å². The fourth-order valence-corrected chi connectivity index (χ4v) is 1.85. The van der Waals surface area contributed by atoms with Crippen LogP contribution in [0.4, 0.5) is 4.39 Å². The van der Waals surface area contributed by atoms with E-state index in [1.54, 1.807) is 6.07 Å². The fraction of sp³-hybridized carbons (Fsp3) is 0.250. The maximum absolute atomic E-state index is 12.6. The number of hydrogen-bond acceptors (Lipinski definition) is 3. The number of rotatable bonds is 1. The van der Waals surface area contributed by atoms with Crippen LogP contribution in [0.15, 0.2) is 12.1 Å². The predicted molar refractivity (Wildman–Crippen MR) is 46.8 cm³/mol. The lowest BCUT2D eigenvalue weighted by molar-refractivity contribution is 0.589. The summed E-state index contributed by atoms with van der Waals surface area (Å²) in [5.41, 5.74) is 0.790. The maximum atomic E-state index is 12.6. The molecule has 0 atom stereocenters. The van der Waals surface area contributed by atoms with Crippen LogP contribution in [-0.4, -0.2) is 9.97 Å². The molecular formula is C8H7FN2S. The number of hydrogen-bond donors (Lipinski definition) is 0. The van der Waals surface area contributed by atoms with Crippen LogP contribution in [0.25, 0.3) is 10.3 Å². The van der Waals surface area contributed by atoms with Crippen molar-refractivity contribution in [3.63, 3.8) is 0 Å². The maximum Gasteiger partial charge on any atom is 0.214 e. The first-order chi connectivity index (χ1) is 5.79. The molecule has 0 saturated carbocycles. The standard InChI is InChI=1S/C8H7FN2S/c1-2-7-10-5-3-4-6(9)11-8(5)12-7/h3-4H,2H2,1H3. The molecule has 0 aliphatic rings. The van der Waals surface area contributed by atoms with Gasteiger partial charge in [-0.25, -0.2) is 9.97 Å². The molecule has 2 nitrogen and oxygen atoms in total. The van der Waals surface area contributed by atoms with Gasteiger partial charge in [-0.2, -0.15) is 4.39 Å². The van der Waals surface area contributed by atoms with Crippen LogP contribution < -0.4 is 0 Å². The number of fused-ring (bicyclic) bond motifs is 1. The molecule has 0 amide bonds. The van der Waals surface area contributed by atoms with Gasteiger partial charge in [-0.1, -0.05) is 18.3 Å². The second-order valence-corrected chi connectivity index (χ2v) is 3.48. The fourth-order valence-electron chi connectivity index (χ4n) is 0.991. The summed E-state index contributed by atoms with van der Waals surface area (Å²) in [5, 5.41) is 1.00. The number of thiazole rings is 1. The summed E-state index contributed by atoms with van der Waals surface area (Å²) >= 11 is 1.45. The molecule has 0 aliphatic carbocycles. The Balaban J connectivity index is 2.67. The van der Waals surface area contributed by atoms with E-state index in [1.807, 2.05) is 6.92 Å². The van der Waals surface area contributed by atoms with Crippen molar-refractivity contribution in [2.24, 2.45) is 0 Å². The van der Waals surface area contributed by atoms with Crippen LogP contribution in [0.2, 0.25) is 0 Å². The van der Waals surface area contributed by atoms with Gasteiger partial charge in [0.05, 0.1) is 5.01 Å². The van der Waals surface area contributed by atoms with Crippen molar-refractivity contribution in [3.8, 4) is 0 Å². The summed E-state index contributed by atoms with van der Waals surface area (Å²) in [5.74, 6) is -0.436. The highest BCUT2D eigenvalue weighted by atomic mass is 32.1. The van der Waals surface area contributed by atoms with Crippen LogP contribution in [-0.2, 0) is 6.42 Å². The lowest BCUT2D eigenvalue weighted by Gasteiger charge is -1.84. The highest BCUT2D eigenvalue weighted by Gasteiger charge is 2.03. The molecule has 4 heteroatoms. The average molecular weight is 182 g/mol. The van der Waals surface area contributed by atoms with Gasteiger partial charge in [0, 0.05) is 0 Å². The molecule has 0 spiro atoms. The summed E-state index contributed by atoms with van der Waals surface area (Å²) in [6, 6.07) is 2.99. The second-order valence-electron chi connectivity index (χ2n) is 2.42. The van der Waals surface area contributed by atoms with Crippen LogP contribution in [0.1, 0.15) is 11.9 Å². The summed E-state index contributed by atoms with van der Waals surface area (Å²) in [6.45, 7) is 2.02. The van der Waals surface area contributed by atoms with Crippen LogP contribution in [0.3, 0.4) is 0 Å². The normalized spacial score (nSPS) is 10.8. The summed E-state index contributed by atoms with van der Waals surface area (Å²) < 4.78 is 12.6. The van der Waals surface area contributed by atoms with E-state index >= 15 is 0 Å². The van der Waals surface area contributed by atoms with E-state index < -0.39 is 5.95 Å². The molecular weight excluding hydrogens is 175 g/mol. The Morgan fingerprint density at radius 3 is 3.00 bits per heavy atom. The van der Waals surface area contributed by atoms with Gasteiger partial charge < -0.3 is 0 Å². The van der Waals surface area contributed by atoms with Gasteiger partial charge in [-0.3, -0.25) is 0 Å². The number of aryl methyl sites for hydroxylation is 1. The van der Waals surface area contributed by atoms with E-state index in [0.717, 1.165) is 16.9 Å². The summed E-state index contributed by atoms with van der Waals surface area (Å²) in [6.07, 6.45) is 0.878. The molecule has 62 valence electrons. The minimum absolute atomic E-state index is 0.436. The Hall–Kier alpha value is -1.03. The second kappa shape index (κ2) is 2.79. The molecule has 0 N–H and O–H groups in total. The van der Waals surface area contributed by atoms with Gasteiger partial charge in [0.25, 0.3) is 0 Å². The molecule has 12 heavy (non-hydrogen) atoms. The SMILES string of the molecule is CCc1nc2ccc(F)nc2s1. The van der Waals surface area contributed by atoms with Gasteiger partial charge >= 0.3 is 0 Å². The van der Waals surface area contributed by atoms with Gasteiger partial charge in [-0.05, 0) is 18.6 Å². The zero-order valence-electron chi connectivity index (χ0n) is 6.54. The highest BCUT2D eigenvalue weighted by Crippen LogP contribution is 2.19. The third-order valence-electron chi connectivity index (χ3n) is 1.57. The zero-order valence-corrected chi connectivity index (χ0v) is 7.36. The topological polar surface area (TPSA) is 25.8 Å². The lowest BCUT2D eigenvalue weighted by atomic mass is 10.4. The molecule has 0 radical (unpaired) electrons. The Kier molecular flexibility index (Phi) is 1.77. The van der Waals surface area contributed by atoms with Crippen molar-refractivity contribution >= 4 is 21.7 Å². The molecule has 2 aromatic heterocycles. The Bertz CT molecular complexity index is 410. The van der Waals surface area contributed by atoms with Crippen LogP contribution in [0.5, 0.6) is 0 Å². The van der Waals surface area contributed by atoms with Crippen LogP contribution in [0, 0.1) is 5.95 Å². The average Bonchev–Trinajstić information content (AvgIpc) is 2.46. The van der Waals surface area contributed by atoms with E-state index in [9.17, 15) is 4.39 Å². The van der Waals surface area contributed by atoms with E-state index in [2.05, 4.69) is 9.97 Å². The van der Waals surface area contributed by atoms with E-state index in [-0.39, 0.29) is 0 Å². The van der Waals surface area contributed by atoms with Gasteiger partial charge in [0.15, 0.2) is 0 Å². The molecule has 0 unspecified atom stereocenters. The summed E-state index contributed by atoms with van der Waals surface area (Å²) in [4.78, 5) is 8.68.